The number of aliphatic hydroxyl groups excluding tert-OH is 1. The van der Waals surface area contributed by atoms with Gasteiger partial charge in [0.1, 0.15) is 0 Å². The number of para-hydroxylation sites is 1. The number of nitrogens with one attached hydrogen (secondary N) is 1. The van der Waals surface area contributed by atoms with E-state index in [0.717, 1.165) is 11.4 Å². The van der Waals surface area contributed by atoms with Gasteiger partial charge in [-0.25, -0.2) is 4.68 Å². The molecule has 1 aromatic heterocycles. The maximum Gasteiger partial charge on any atom is 0.254 e. The van der Waals surface area contributed by atoms with Crippen LogP contribution in [0.2, 0.25) is 0 Å². The summed E-state index contributed by atoms with van der Waals surface area (Å²) in [6.45, 7) is 2.40. The number of benzene rings is 1. The van der Waals surface area contributed by atoms with Crippen LogP contribution in [0.4, 0.5) is 0 Å². The zero-order chi connectivity index (χ0) is 13.7. The number of aliphatic hydroxyl groups is 1. The second-order valence-electron chi connectivity index (χ2n) is 4.22. The summed E-state index contributed by atoms with van der Waals surface area (Å²) in [6, 6.07) is 9.67. The van der Waals surface area contributed by atoms with Crippen LogP contribution in [-0.2, 0) is 0 Å². The minimum Gasteiger partial charge on any atom is -0.396 e. The van der Waals surface area contributed by atoms with Crippen molar-refractivity contribution in [3.8, 4) is 5.69 Å². The van der Waals surface area contributed by atoms with Crippen molar-refractivity contribution in [2.24, 2.45) is 0 Å². The molecule has 0 aliphatic carbocycles. The Hall–Kier alpha value is -2.14. The number of carbonyl (C=O) groups excluding carboxylic acids is 1. The highest BCUT2D eigenvalue weighted by Gasteiger charge is 2.14. The van der Waals surface area contributed by atoms with Gasteiger partial charge in [-0.2, -0.15) is 5.10 Å². The standard InChI is InChI=1S/C14H17N3O2/c1-11-13(14(19)15-8-5-9-18)10-16-17(11)12-6-3-2-4-7-12/h2-4,6-7,10,18H,5,8-9H2,1H3,(H,15,19). The zero-order valence-corrected chi connectivity index (χ0v) is 10.8. The number of hydrogen-bond acceptors (Lipinski definition) is 3. The molecule has 0 atom stereocenters. The summed E-state index contributed by atoms with van der Waals surface area (Å²) < 4.78 is 1.74. The molecule has 5 heteroatoms. The van der Waals surface area contributed by atoms with Crippen LogP contribution in [-0.4, -0.2) is 33.9 Å². The number of rotatable bonds is 5. The van der Waals surface area contributed by atoms with Crippen LogP contribution in [0.15, 0.2) is 36.5 Å². The largest absolute Gasteiger partial charge is 0.396 e. The summed E-state index contributed by atoms with van der Waals surface area (Å²) in [5.41, 5.74) is 2.28. The highest BCUT2D eigenvalue weighted by atomic mass is 16.3. The van der Waals surface area contributed by atoms with Crippen molar-refractivity contribution >= 4 is 5.91 Å². The van der Waals surface area contributed by atoms with Crippen molar-refractivity contribution in [3.63, 3.8) is 0 Å². The molecule has 0 saturated carbocycles. The molecule has 1 heterocycles. The predicted molar refractivity (Wildman–Crippen MR) is 72.3 cm³/mol. The summed E-state index contributed by atoms with van der Waals surface area (Å²) in [6.07, 6.45) is 2.12. The average molecular weight is 259 g/mol. The van der Waals surface area contributed by atoms with Crippen LogP contribution < -0.4 is 5.32 Å². The van der Waals surface area contributed by atoms with E-state index in [4.69, 9.17) is 5.11 Å². The third kappa shape index (κ3) is 3.00. The number of hydrogen-bond donors (Lipinski definition) is 2. The Morgan fingerprint density at radius 3 is 2.79 bits per heavy atom. The second kappa shape index (κ2) is 6.15. The summed E-state index contributed by atoms with van der Waals surface area (Å²) in [7, 11) is 0. The lowest BCUT2D eigenvalue weighted by Crippen LogP contribution is -2.25. The molecule has 2 aromatic rings. The Labute approximate surface area is 111 Å². The molecular weight excluding hydrogens is 242 g/mol. The fraction of sp³-hybridized carbons (Fsp3) is 0.286. The van der Waals surface area contributed by atoms with Crippen LogP contribution in [0.5, 0.6) is 0 Å². The first-order valence-electron chi connectivity index (χ1n) is 6.23. The van der Waals surface area contributed by atoms with Crippen LogP contribution >= 0.6 is 0 Å². The van der Waals surface area contributed by atoms with Crippen molar-refractivity contribution < 1.29 is 9.90 Å². The molecule has 0 aliphatic heterocycles. The van der Waals surface area contributed by atoms with Gasteiger partial charge in [0.15, 0.2) is 0 Å². The molecule has 5 nitrogen and oxygen atoms in total. The van der Waals surface area contributed by atoms with E-state index < -0.39 is 0 Å². The van der Waals surface area contributed by atoms with Crippen molar-refractivity contribution in [2.75, 3.05) is 13.2 Å². The minimum absolute atomic E-state index is 0.0720. The topological polar surface area (TPSA) is 67.2 Å². The molecule has 0 aliphatic rings. The Morgan fingerprint density at radius 1 is 1.37 bits per heavy atom. The third-order valence-electron chi connectivity index (χ3n) is 2.88. The van der Waals surface area contributed by atoms with Crippen molar-refractivity contribution in [3.05, 3.63) is 47.8 Å². The molecule has 0 saturated heterocycles. The summed E-state index contributed by atoms with van der Waals surface area (Å²) in [5.74, 6) is -0.159. The summed E-state index contributed by atoms with van der Waals surface area (Å²) in [4.78, 5) is 11.9. The number of nitrogens with zero attached hydrogens (tertiary/aromatic N) is 2. The van der Waals surface area contributed by atoms with Gasteiger partial charge >= 0.3 is 0 Å². The van der Waals surface area contributed by atoms with Gasteiger partial charge in [-0.3, -0.25) is 4.79 Å². The second-order valence-corrected chi connectivity index (χ2v) is 4.22. The van der Waals surface area contributed by atoms with Gasteiger partial charge in [0.25, 0.3) is 5.91 Å². The van der Waals surface area contributed by atoms with Crippen molar-refractivity contribution in [2.45, 2.75) is 13.3 Å². The normalized spacial score (nSPS) is 10.4. The van der Waals surface area contributed by atoms with E-state index in [9.17, 15) is 4.79 Å². The van der Waals surface area contributed by atoms with E-state index in [0.29, 0.717) is 18.5 Å². The fourth-order valence-corrected chi connectivity index (χ4v) is 1.84. The van der Waals surface area contributed by atoms with Gasteiger partial charge in [0, 0.05) is 13.2 Å². The molecule has 100 valence electrons. The fourth-order valence-electron chi connectivity index (χ4n) is 1.84. The molecule has 0 unspecified atom stereocenters. The quantitative estimate of drug-likeness (QED) is 0.795. The smallest absolute Gasteiger partial charge is 0.254 e. The molecule has 2 rings (SSSR count). The van der Waals surface area contributed by atoms with E-state index in [1.165, 1.54) is 0 Å². The lowest BCUT2D eigenvalue weighted by atomic mass is 10.2. The number of carbonyl (C=O) groups is 1. The van der Waals surface area contributed by atoms with E-state index >= 15 is 0 Å². The molecule has 19 heavy (non-hydrogen) atoms. The van der Waals surface area contributed by atoms with E-state index in [-0.39, 0.29) is 12.5 Å². The summed E-state index contributed by atoms with van der Waals surface area (Å²) in [5, 5.41) is 15.7. The van der Waals surface area contributed by atoms with Crippen LogP contribution in [0, 0.1) is 6.92 Å². The van der Waals surface area contributed by atoms with Crippen LogP contribution in [0.3, 0.4) is 0 Å². The molecule has 1 aromatic carbocycles. The van der Waals surface area contributed by atoms with Gasteiger partial charge < -0.3 is 10.4 Å². The Balaban J connectivity index is 2.17. The lowest BCUT2D eigenvalue weighted by Gasteiger charge is -2.06. The molecule has 1 amide bonds. The lowest BCUT2D eigenvalue weighted by molar-refractivity contribution is 0.0950. The Morgan fingerprint density at radius 2 is 2.11 bits per heavy atom. The van der Waals surface area contributed by atoms with E-state index in [1.54, 1.807) is 10.9 Å². The maximum atomic E-state index is 11.9. The van der Waals surface area contributed by atoms with Crippen LogP contribution in [0.25, 0.3) is 5.69 Å². The Bertz CT molecular complexity index is 549. The monoisotopic (exact) mass is 259 g/mol. The van der Waals surface area contributed by atoms with Gasteiger partial charge in [0.2, 0.25) is 0 Å². The molecule has 0 bridgehead atoms. The minimum atomic E-state index is -0.159. The highest BCUT2D eigenvalue weighted by Crippen LogP contribution is 2.13. The molecule has 0 radical (unpaired) electrons. The average Bonchev–Trinajstić information content (AvgIpc) is 2.82. The van der Waals surface area contributed by atoms with Gasteiger partial charge in [-0.05, 0) is 25.5 Å². The molecular formula is C14H17N3O2. The van der Waals surface area contributed by atoms with Crippen molar-refractivity contribution in [1.29, 1.82) is 0 Å². The third-order valence-corrected chi connectivity index (χ3v) is 2.88. The Kier molecular flexibility index (Phi) is 4.30. The molecule has 2 N–H and O–H groups in total. The van der Waals surface area contributed by atoms with Gasteiger partial charge in [-0.1, -0.05) is 18.2 Å². The molecule has 0 spiro atoms. The zero-order valence-electron chi connectivity index (χ0n) is 10.8. The van der Waals surface area contributed by atoms with Gasteiger partial charge in [-0.15, -0.1) is 0 Å². The van der Waals surface area contributed by atoms with E-state index in [2.05, 4.69) is 10.4 Å². The summed E-state index contributed by atoms with van der Waals surface area (Å²) >= 11 is 0. The van der Waals surface area contributed by atoms with Gasteiger partial charge in [0.05, 0.1) is 23.1 Å². The first-order valence-corrected chi connectivity index (χ1v) is 6.23. The molecule has 0 fully saturated rings. The number of aromatic nitrogens is 2. The maximum absolute atomic E-state index is 11.9. The predicted octanol–water partition coefficient (Wildman–Crippen LogP) is 1.29. The highest BCUT2D eigenvalue weighted by molar-refractivity contribution is 5.95. The SMILES string of the molecule is Cc1c(C(=O)NCCCO)cnn1-c1ccccc1. The number of amides is 1. The van der Waals surface area contributed by atoms with E-state index in [1.807, 2.05) is 37.3 Å². The van der Waals surface area contributed by atoms with Crippen LogP contribution in [0.1, 0.15) is 22.5 Å². The first kappa shape index (κ1) is 13.3. The van der Waals surface area contributed by atoms with Crippen molar-refractivity contribution in [1.82, 2.24) is 15.1 Å². The first-order chi connectivity index (χ1) is 9.24.